The second-order valence-electron chi connectivity index (χ2n) is 1.92. The maximum atomic E-state index is 11.1. The predicted molar refractivity (Wildman–Crippen MR) is 47.2 cm³/mol. The van der Waals surface area contributed by atoms with E-state index in [4.69, 9.17) is 12.2 Å². The Labute approximate surface area is 74.0 Å². The third-order valence-corrected chi connectivity index (χ3v) is 4.07. The number of hydrogen-bond donors (Lipinski definition) is 1. The smallest absolute Gasteiger partial charge is 0.194 e. The molecule has 1 heterocycles. The molecule has 1 aromatic heterocycles. The van der Waals surface area contributed by atoms with E-state index in [0.717, 1.165) is 0 Å². The Balaban J connectivity index is 3.23. The second-order valence-corrected chi connectivity index (χ2v) is 5.71. The molecule has 0 spiro atoms. The van der Waals surface area contributed by atoms with E-state index in [1.54, 1.807) is 6.92 Å². The molecule has 0 fully saturated rings. The van der Waals surface area contributed by atoms with Gasteiger partial charge in [0, 0.05) is 5.38 Å². The van der Waals surface area contributed by atoms with Gasteiger partial charge in [-0.05, 0) is 12.2 Å². The third-order valence-electron chi connectivity index (χ3n) is 1.21. The number of thiazole rings is 1. The highest BCUT2D eigenvalue weighted by molar-refractivity contribution is 7.91. The van der Waals surface area contributed by atoms with Crippen LogP contribution in [0.5, 0.6) is 0 Å². The van der Waals surface area contributed by atoms with Crippen LogP contribution in [0.15, 0.2) is 10.4 Å². The Hall–Kier alpha value is -0.200. The highest BCUT2D eigenvalue weighted by atomic mass is 32.2. The molecular formula is C5H7NO2S3. The van der Waals surface area contributed by atoms with Gasteiger partial charge in [-0.25, -0.2) is 8.42 Å². The summed E-state index contributed by atoms with van der Waals surface area (Å²) in [6.45, 7) is 1.60. The lowest BCUT2D eigenvalue weighted by atomic mass is 11.0. The SMILES string of the molecule is CCS(=O)(=O)c1csc(=S)[nH]1. The summed E-state index contributed by atoms with van der Waals surface area (Å²) in [6, 6.07) is 0. The van der Waals surface area contributed by atoms with Crippen LogP contribution in [0, 0.1) is 3.95 Å². The van der Waals surface area contributed by atoms with Crippen LogP contribution in [0.25, 0.3) is 0 Å². The zero-order chi connectivity index (χ0) is 8.48. The highest BCUT2D eigenvalue weighted by Gasteiger charge is 2.11. The molecule has 0 bridgehead atoms. The van der Waals surface area contributed by atoms with E-state index in [0.29, 0.717) is 3.95 Å². The van der Waals surface area contributed by atoms with E-state index < -0.39 is 9.84 Å². The number of aromatic nitrogens is 1. The van der Waals surface area contributed by atoms with Gasteiger partial charge in [-0.1, -0.05) is 6.92 Å². The number of aromatic amines is 1. The Morgan fingerprint density at radius 1 is 1.73 bits per heavy atom. The Morgan fingerprint density at radius 2 is 2.36 bits per heavy atom. The molecule has 0 atom stereocenters. The predicted octanol–water partition coefficient (Wildman–Crippen LogP) is 1.60. The number of nitrogens with one attached hydrogen (secondary N) is 1. The minimum atomic E-state index is -3.09. The highest BCUT2D eigenvalue weighted by Crippen LogP contribution is 2.11. The van der Waals surface area contributed by atoms with Gasteiger partial charge in [0.15, 0.2) is 13.8 Å². The van der Waals surface area contributed by atoms with Gasteiger partial charge in [0.25, 0.3) is 0 Å². The zero-order valence-electron chi connectivity index (χ0n) is 5.83. The van der Waals surface area contributed by atoms with Crippen LogP contribution in [-0.2, 0) is 9.84 Å². The average Bonchev–Trinajstić information content (AvgIpc) is 2.36. The molecule has 0 radical (unpaired) electrons. The van der Waals surface area contributed by atoms with E-state index in [9.17, 15) is 8.42 Å². The normalized spacial score (nSPS) is 11.7. The summed E-state index contributed by atoms with van der Waals surface area (Å²) in [6.07, 6.45) is 0. The number of rotatable bonds is 2. The number of sulfone groups is 1. The Bertz CT molecular complexity index is 386. The second kappa shape index (κ2) is 3.04. The summed E-state index contributed by atoms with van der Waals surface area (Å²) < 4.78 is 22.8. The molecule has 62 valence electrons. The van der Waals surface area contributed by atoms with Gasteiger partial charge in [-0.3, -0.25) is 0 Å². The molecule has 0 aliphatic rings. The topological polar surface area (TPSA) is 49.9 Å². The molecule has 6 heteroatoms. The lowest BCUT2D eigenvalue weighted by molar-refractivity contribution is 0.594. The fourth-order valence-corrected chi connectivity index (χ4v) is 2.70. The lowest BCUT2D eigenvalue weighted by Crippen LogP contribution is -2.03. The molecule has 0 saturated carbocycles. The molecule has 0 amide bonds. The van der Waals surface area contributed by atoms with Gasteiger partial charge in [-0.15, -0.1) is 11.3 Å². The molecule has 1 aromatic rings. The first-order chi connectivity index (χ1) is 5.06. The molecule has 1 rings (SSSR count). The van der Waals surface area contributed by atoms with Gasteiger partial charge in [0.1, 0.15) is 5.03 Å². The standard InChI is InChI=1S/C5H7NO2S3/c1-2-11(7,8)4-3-10-5(9)6-4/h3H,2H2,1H3,(H,6,9). The van der Waals surface area contributed by atoms with E-state index in [1.165, 1.54) is 16.7 Å². The summed E-state index contributed by atoms with van der Waals surface area (Å²) in [7, 11) is -3.09. The van der Waals surface area contributed by atoms with Crippen LogP contribution in [0.1, 0.15) is 6.92 Å². The van der Waals surface area contributed by atoms with E-state index in [2.05, 4.69) is 4.98 Å². The van der Waals surface area contributed by atoms with Gasteiger partial charge in [0.05, 0.1) is 5.75 Å². The molecule has 0 unspecified atom stereocenters. The van der Waals surface area contributed by atoms with Crippen molar-refractivity contribution < 1.29 is 8.42 Å². The summed E-state index contributed by atoms with van der Waals surface area (Å²) in [5.74, 6) is 0.106. The van der Waals surface area contributed by atoms with E-state index in [-0.39, 0.29) is 10.8 Å². The Kier molecular flexibility index (Phi) is 2.46. The quantitative estimate of drug-likeness (QED) is 0.753. The van der Waals surface area contributed by atoms with Gasteiger partial charge < -0.3 is 4.98 Å². The molecule has 11 heavy (non-hydrogen) atoms. The first-order valence-electron chi connectivity index (χ1n) is 2.97. The van der Waals surface area contributed by atoms with Crippen LogP contribution in [0.2, 0.25) is 0 Å². The van der Waals surface area contributed by atoms with Crippen molar-refractivity contribution in [3.63, 3.8) is 0 Å². The van der Waals surface area contributed by atoms with Gasteiger partial charge in [-0.2, -0.15) is 0 Å². The Morgan fingerprint density at radius 3 is 2.73 bits per heavy atom. The first kappa shape index (κ1) is 8.89. The maximum Gasteiger partial charge on any atom is 0.194 e. The fourth-order valence-electron chi connectivity index (χ4n) is 0.573. The molecule has 3 nitrogen and oxygen atoms in total. The van der Waals surface area contributed by atoms with Crippen LogP contribution in [-0.4, -0.2) is 19.2 Å². The zero-order valence-corrected chi connectivity index (χ0v) is 8.28. The van der Waals surface area contributed by atoms with E-state index in [1.807, 2.05) is 0 Å². The van der Waals surface area contributed by atoms with Crippen molar-refractivity contribution in [1.82, 2.24) is 4.98 Å². The first-order valence-corrected chi connectivity index (χ1v) is 5.91. The van der Waals surface area contributed by atoms with Crippen molar-refractivity contribution in [2.45, 2.75) is 11.9 Å². The van der Waals surface area contributed by atoms with Crippen LogP contribution >= 0.6 is 23.6 Å². The average molecular weight is 209 g/mol. The third kappa shape index (κ3) is 1.88. The summed E-state index contributed by atoms with van der Waals surface area (Å²) in [5, 5.41) is 1.76. The van der Waals surface area contributed by atoms with Crippen molar-refractivity contribution in [2.24, 2.45) is 0 Å². The molecular weight excluding hydrogens is 202 g/mol. The summed E-state index contributed by atoms with van der Waals surface area (Å²) >= 11 is 5.97. The number of hydrogen-bond acceptors (Lipinski definition) is 4. The van der Waals surface area contributed by atoms with Gasteiger partial charge in [0.2, 0.25) is 0 Å². The minimum Gasteiger partial charge on any atom is -0.328 e. The molecule has 1 N–H and O–H groups in total. The van der Waals surface area contributed by atoms with Crippen LogP contribution in [0.4, 0.5) is 0 Å². The lowest BCUT2D eigenvalue weighted by Gasteiger charge is -1.93. The molecule has 0 aliphatic heterocycles. The monoisotopic (exact) mass is 209 g/mol. The fraction of sp³-hybridized carbons (Fsp3) is 0.400. The summed E-state index contributed by atoms with van der Waals surface area (Å²) in [4.78, 5) is 2.61. The minimum absolute atomic E-state index is 0.106. The molecule has 0 aliphatic carbocycles. The van der Waals surface area contributed by atoms with E-state index >= 15 is 0 Å². The summed E-state index contributed by atoms with van der Waals surface area (Å²) in [5.41, 5.74) is 0. The van der Waals surface area contributed by atoms with Crippen molar-refractivity contribution in [2.75, 3.05) is 5.75 Å². The van der Waals surface area contributed by atoms with Crippen molar-refractivity contribution in [1.29, 1.82) is 0 Å². The maximum absolute atomic E-state index is 11.1. The largest absolute Gasteiger partial charge is 0.328 e. The molecule has 0 saturated heterocycles. The molecule has 0 aromatic carbocycles. The van der Waals surface area contributed by atoms with Gasteiger partial charge >= 0.3 is 0 Å². The van der Waals surface area contributed by atoms with Crippen molar-refractivity contribution in [3.8, 4) is 0 Å². The van der Waals surface area contributed by atoms with Crippen LogP contribution in [0.3, 0.4) is 0 Å². The van der Waals surface area contributed by atoms with Crippen molar-refractivity contribution in [3.05, 3.63) is 9.33 Å². The number of H-pyrrole nitrogens is 1. The van der Waals surface area contributed by atoms with Crippen LogP contribution < -0.4 is 0 Å². The van der Waals surface area contributed by atoms with Crippen molar-refractivity contribution >= 4 is 33.4 Å².